The summed E-state index contributed by atoms with van der Waals surface area (Å²) < 4.78 is 2.05. The summed E-state index contributed by atoms with van der Waals surface area (Å²) in [7, 11) is 0. The Hall–Kier alpha value is -1.58. The summed E-state index contributed by atoms with van der Waals surface area (Å²) in [4.78, 5) is 14.2. The average molecular weight is 305 g/mol. The van der Waals surface area contributed by atoms with Crippen LogP contribution in [0.25, 0.3) is 0 Å². The number of aryl methyl sites for hydroxylation is 1. The number of amides is 1. The van der Waals surface area contributed by atoms with Gasteiger partial charge >= 0.3 is 0 Å². The van der Waals surface area contributed by atoms with Crippen LogP contribution in [0.15, 0.2) is 12.7 Å². The van der Waals surface area contributed by atoms with Crippen molar-refractivity contribution >= 4 is 5.91 Å². The van der Waals surface area contributed by atoms with Gasteiger partial charge in [0.25, 0.3) is 0 Å². The zero-order chi connectivity index (χ0) is 17.2. The van der Waals surface area contributed by atoms with Gasteiger partial charge in [0.1, 0.15) is 0 Å². The standard InChI is InChI=1S/C18H31N3O/c1-10-17(22)20(14(5)12(2)3)11-16-13(4)19-21(15(16)6)18(7,8)9/h10,12,14H,1,11H2,2-9H3. The molecule has 22 heavy (non-hydrogen) atoms. The molecule has 0 aliphatic carbocycles. The molecule has 0 aromatic carbocycles. The highest BCUT2D eigenvalue weighted by molar-refractivity contribution is 5.87. The van der Waals surface area contributed by atoms with Gasteiger partial charge in [-0.15, -0.1) is 0 Å². The van der Waals surface area contributed by atoms with Gasteiger partial charge in [-0.25, -0.2) is 0 Å². The molecule has 0 aliphatic rings. The summed E-state index contributed by atoms with van der Waals surface area (Å²) in [5.74, 6) is 0.366. The zero-order valence-electron chi connectivity index (χ0n) is 15.4. The SMILES string of the molecule is C=CC(=O)N(Cc1c(C)nn(C(C)(C)C)c1C)C(C)C(C)C. The minimum Gasteiger partial charge on any atom is -0.332 e. The van der Waals surface area contributed by atoms with Crippen LogP contribution in [-0.4, -0.2) is 26.6 Å². The number of aromatic nitrogens is 2. The highest BCUT2D eigenvalue weighted by atomic mass is 16.2. The van der Waals surface area contributed by atoms with Gasteiger partial charge in [-0.2, -0.15) is 5.10 Å². The molecule has 1 heterocycles. The van der Waals surface area contributed by atoms with Gasteiger partial charge in [0.2, 0.25) is 5.91 Å². The normalized spacial score (nSPS) is 13.3. The van der Waals surface area contributed by atoms with E-state index < -0.39 is 0 Å². The van der Waals surface area contributed by atoms with Crippen molar-refractivity contribution in [3.8, 4) is 0 Å². The van der Waals surface area contributed by atoms with Crippen LogP contribution in [0.5, 0.6) is 0 Å². The second kappa shape index (κ2) is 6.67. The Morgan fingerprint density at radius 2 is 1.86 bits per heavy atom. The first kappa shape index (κ1) is 18.5. The second-order valence-electron chi connectivity index (χ2n) is 7.39. The average Bonchev–Trinajstić information content (AvgIpc) is 2.70. The van der Waals surface area contributed by atoms with Gasteiger partial charge < -0.3 is 4.90 Å². The number of rotatable bonds is 5. The van der Waals surface area contributed by atoms with Crippen molar-refractivity contribution in [2.75, 3.05) is 0 Å². The summed E-state index contributed by atoms with van der Waals surface area (Å²) in [6.45, 7) is 21.1. The van der Waals surface area contributed by atoms with Gasteiger partial charge in [-0.3, -0.25) is 9.48 Å². The highest BCUT2D eigenvalue weighted by Crippen LogP contribution is 2.24. The van der Waals surface area contributed by atoms with Crippen LogP contribution in [0.2, 0.25) is 0 Å². The minimum absolute atomic E-state index is 0.0245. The van der Waals surface area contributed by atoms with Crippen molar-refractivity contribution in [3.63, 3.8) is 0 Å². The molecule has 0 saturated heterocycles. The Balaban J connectivity index is 3.22. The third kappa shape index (κ3) is 3.79. The predicted molar refractivity (Wildman–Crippen MR) is 91.7 cm³/mol. The third-order valence-electron chi connectivity index (χ3n) is 4.32. The Kier molecular flexibility index (Phi) is 5.60. The topological polar surface area (TPSA) is 38.1 Å². The summed E-state index contributed by atoms with van der Waals surface area (Å²) in [5, 5.41) is 4.68. The van der Waals surface area contributed by atoms with Crippen LogP contribution in [-0.2, 0) is 16.9 Å². The molecular formula is C18H31N3O. The molecule has 4 nitrogen and oxygen atoms in total. The van der Waals surface area contributed by atoms with E-state index >= 15 is 0 Å². The summed E-state index contributed by atoms with van der Waals surface area (Å²) >= 11 is 0. The Labute approximate surface area is 135 Å². The van der Waals surface area contributed by atoms with E-state index in [0.29, 0.717) is 12.5 Å². The monoisotopic (exact) mass is 305 g/mol. The second-order valence-corrected chi connectivity index (χ2v) is 7.39. The molecule has 1 rings (SSSR count). The van der Waals surface area contributed by atoms with E-state index in [-0.39, 0.29) is 17.5 Å². The van der Waals surface area contributed by atoms with E-state index in [4.69, 9.17) is 0 Å². The van der Waals surface area contributed by atoms with E-state index in [0.717, 1.165) is 17.0 Å². The summed E-state index contributed by atoms with van der Waals surface area (Å²) in [5.41, 5.74) is 3.19. The van der Waals surface area contributed by atoms with E-state index in [1.165, 1.54) is 6.08 Å². The maximum absolute atomic E-state index is 12.3. The Morgan fingerprint density at radius 3 is 2.23 bits per heavy atom. The quantitative estimate of drug-likeness (QED) is 0.776. The molecule has 0 radical (unpaired) electrons. The first-order valence-corrected chi connectivity index (χ1v) is 7.99. The summed E-state index contributed by atoms with van der Waals surface area (Å²) in [6, 6.07) is 0.155. The first-order valence-electron chi connectivity index (χ1n) is 7.99. The van der Waals surface area contributed by atoms with Crippen molar-refractivity contribution in [2.24, 2.45) is 5.92 Å². The molecule has 0 fully saturated rings. The molecule has 1 amide bonds. The van der Waals surface area contributed by atoms with Crippen molar-refractivity contribution < 1.29 is 4.79 Å². The highest BCUT2D eigenvalue weighted by Gasteiger charge is 2.26. The number of carbonyl (C=O) groups is 1. The fourth-order valence-electron chi connectivity index (χ4n) is 2.63. The van der Waals surface area contributed by atoms with Gasteiger partial charge in [0, 0.05) is 23.8 Å². The molecule has 0 N–H and O–H groups in total. The zero-order valence-corrected chi connectivity index (χ0v) is 15.4. The van der Waals surface area contributed by atoms with Crippen LogP contribution in [0, 0.1) is 19.8 Å². The van der Waals surface area contributed by atoms with Gasteiger partial charge in [-0.1, -0.05) is 20.4 Å². The number of nitrogens with zero attached hydrogens (tertiary/aromatic N) is 3. The molecule has 1 aromatic rings. The Bertz CT molecular complexity index is 549. The molecule has 0 bridgehead atoms. The van der Waals surface area contributed by atoms with Crippen LogP contribution in [0.1, 0.15) is 58.5 Å². The van der Waals surface area contributed by atoms with Crippen LogP contribution < -0.4 is 0 Å². The predicted octanol–water partition coefficient (Wildman–Crippen LogP) is 3.81. The smallest absolute Gasteiger partial charge is 0.246 e. The van der Waals surface area contributed by atoms with E-state index in [1.807, 2.05) is 16.5 Å². The molecule has 0 saturated carbocycles. The molecule has 124 valence electrons. The fraction of sp³-hybridized carbons (Fsp3) is 0.667. The van der Waals surface area contributed by atoms with E-state index in [1.54, 1.807) is 0 Å². The minimum atomic E-state index is -0.0654. The lowest BCUT2D eigenvalue weighted by atomic mass is 10.0. The molecular weight excluding hydrogens is 274 g/mol. The lowest BCUT2D eigenvalue weighted by Gasteiger charge is -2.31. The Morgan fingerprint density at radius 1 is 1.32 bits per heavy atom. The van der Waals surface area contributed by atoms with E-state index in [9.17, 15) is 4.79 Å². The third-order valence-corrected chi connectivity index (χ3v) is 4.32. The van der Waals surface area contributed by atoms with Crippen molar-refractivity contribution in [2.45, 2.75) is 73.5 Å². The number of carbonyl (C=O) groups excluding carboxylic acids is 1. The maximum atomic E-state index is 12.3. The molecule has 1 unspecified atom stereocenters. The molecule has 0 aliphatic heterocycles. The summed E-state index contributed by atoms with van der Waals surface area (Å²) in [6.07, 6.45) is 1.40. The van der Waals surface area contributed by atoms with Gasteiger partial charge in [-0.05, 0) is 53.5 Å². The first-order chi connectivity index (χ1) is 10.0. The lowest BCUT2D eigenvalue weighted by Crippen LogP contribution is -2.40. The largest absolute Gasteiger partial charge is 0.332 e. The molecule has 1 aromatic heterocycles. The lowest BCUT2D eigenvalue weighted by molar-refractivity contribution is -0.129. The maximum Gasteiger partial charge on any atom is 0.246 e. The van der Waals surface area contributed by atoms with Crippen LogP contribution in [0.4, 0.5) is 0 Å². The van der Waals surface area contributed by atoms with Crippen molar-refractivity contribution in [1.82, 2.24) is 14.7 Å². The molecule has 4 heteroatoms. The fourth-order valence-corrected chi connectivity index (χ4v) is 2.63. The van der Waals surface area contributed by atoms with Gasteiger partial charge in [0.05, 0.1) is 11.2 Å². The molecule has 1 atom stereocenters. The van der Waals surface area contributed by atoms with Crippen LogP contribution in [0.3, 0.4) is 0 Å². The number of hydrogen-bond acceptors (Lipinski definition) is 2. The van der Waals surface area contributed by atoms with Crippen LogP contribution >= 0.6 is 0 Å². The number of hydrogen-bond donors (Lipinski definition) is 0. The molecule has 0 spiro atoms. The van der Waals surface area contributed by atoms with Crippen molar-refractivity contribution in [3.05, 3.63) is 29.6 Å². The van der Waals surface area contributed by atoms with E-state index in [2.05, 4.69) is 60.1 Å². The van der Waals surface area contributed by atoms with Crippen molar-refractivity contribution in [1.29, 1.82) is 0 Å². The van der Waals surface area contributed by atoms with Gasteiger partial charge in [0.15, 0.2) is 0 Å².